The van der Waals surface area contributed by atoms with E-state index in [1.165, 1.54) is 11.4 Å². The Kier molecular flexibility index (Phi) is 3.85. The first kappa shape index (κ1) is 13.7. The quantitative estimate of drug-likeness (QED) is 0.707. The number of dihydropyridines is 1. The Labute approximate surface area is 122 Å². The van der Waals surface area contributed by atoms with Gasteiger partial charge in [0.15, 0.2) is 0 Å². The molecular weight excluding hydrogens is 248 g/mol. The lowest BCUT2D eigenvalue weighted by molar-refractivity contribution is 0.197. The van der Waals surface area contributed by atoms with E-state index in [4.69, 9.17) is 0 Å². The van der Waals surface area contributed by atoms with Gasteiger partial charge in [-0.05, 0) is 24.5 Å². The molecule has 20 heavy (non-hydrogen) atoms. The van der Waals surface area contributed by atoms with Crippen LogP contribution in [0.3, 0.4) is 0 Å². The standard InChI is InChI=1S/C16H26N4/c1-11(2)14-10-20(9-8-17-14)15-7-6-13-5-4-12(3)18-16(13)19-15/h4-7,11-12,14,16-19H,8-10H2,1-3H3. The van der Waals surface area contributed by atoms with Crippen molar-refractivity contribution in [2.75, 3.05) is 19.6 Å². The average Bonchev–Trinajstić information content (AvgIpc) is 2.46. The molecule has 3 unspecified atom stereocenters. The van der Waals surface area contributed by atoms with Gasteiger partial charge in [0.1, 0.15) is 12.0 Å². The third-order valence-electron chi connectivity index (χ3n) is 4.42. The highest BCUT2D eigenvalue weighted by molar-refractivity contribution is 5.37. The first-order valence-corrected chi connectivity index (χ1v) is 7.74. The fourth-order valence-corrected chi connectivity index (χ4v) is 3.05. The Bertz CT molecular complexity index is 449. The summed E-state index contributed by atoms with van der Waals surface area (Å²) >= 11 is 0. The largest absolute Gasteiger partial charge is 0.356 e. The number of rotatable bonds is 2. The summed E-state index contributed by atoms with van der Waals surface area (Å²) in [7, 11) is 0. The summed E-state index contributed by atoms with van der Waals surface area (Å²) in [5.74, 6) is 1.92. The van der Waals surface area contributed by atoms with Gasteiger partial charge in [-0.3, -0.25) is 5.32 Å². The highest BCUT2D eigenvalue weighted by atomic mass is 15.3. The van der Waals surface area contributed by atoms with Gasteiger partial charge >= 0.3 is 0 Å². The highest BCUT2D eigenvalue weighted by Crippen LogP contribution is 2.19. The van der Waals surface area contributed by atoms with Crippen LogP contribution in [-0.2, 0) is 0 Å². The van der Waals surface area contributed by atoms with E-state index in [2.05, 4.69) is 65.9 Å². The van der Waals surface area contributed by atoms with Crippen LogP contribution in [0.2, 0.25) is 0 Å². The van der Waals surface area contributed by atoms with E-state index in [1.54, 1.807) is 0 Å². The molecule has 3 aliphatic heterocycles. The van der Waals surface area contributed by atoms with Crippen LogP contribution in [0.15, 0.2) is 35.7 Å². The van der Waals surface area contributed by atoms with Crippen LogP contribution >= 0.6 is 0 Å². The molecule has 3 rings (SSSR count). The molecular formula is C16H26N4. The minimum absolute atomic E-state index is 0.252. The Morgan fingerprint density at radius 1 is 1.30 bits per heavy atom. The van der Waals surface area contributed by atoms with E-state index in [9.17, 15) is 0 Å². The zero-order chi connectivity index (χ0) is 14.1. The van der Waals surface area contributed by atoms with Crippen molar-refractivity contribution in [2.45, 2.75) is 39.0 Å². The van der Waals surface area contributed by atoms with E-state index in [0.29, 0.717) is 18.0 Å². The molecule has 3 heterocycles. The van der Waals surface area contributed by atoms with Gasteiger partial charge in [-0.2, -0.15) is 0 Å². The van der Waals surface area contributed by atoms with Crippen molar-refractivity contribution < 1.29 is 0 Å². The normalized spacial score (nSPS) is 33.4. The Morgan fingerprint density at radius 3 is 2.95 bits per heavy atom. The summed E-state index contributed by atoms with van der Waals surface area (Å²) in [5, 5.41) is 10.8. The monoisotopic (exact) mass is 274 g/mol. The molecule has 0 aliphatic carbocycles. The van der Waals surface area contributed by atoms with Crippen molar-refractivity contribution in [2.24, 2.45) is 5.92 Å². The third-order valence-corrected chi connectivity index (χ3v) is 4.42. The predicted octanol–water partition coefficient (Wildman–Crippen LogP) is 1.16. The summed E-state index contributed by atoms with van der Waals surface area (Å²) in [5.41, 5.74) is 1.32. The van der Waals surface area contributed by atoms with Crippen LogP contribution < -0.4 is 16.0 Å². The SMILES string of the molecule is CC1C=CC2=CC=C(N3CCNC(C(C)C)C3)NC2N1. The van der Waals surface area contributed by atoms with E-state index in [1.807, 2.05) is 0 Å². The van der Waals surface area contributed by atoms with Crippen molar-refractivity contribution in [3.8, 4) is 0 Å². The Balaban J connectivity index is 1.71. The zero-order valence-corrected chi connectivity index (χ0v) is 12.7. The van der Waals surface area contributed by atoms with Crippen LogP contribution in [0.1, 0.15) is 20.8 Å². The summed E-state index contributed by atoms with van der Waals surface area (Å²) in [4.78, 5) is 2.47. The van der Waals surface area contributed by atoms with Crippen molar-refractivity contribution in [1.82, 2.24) is 20.9 Å². The number of hydrogen-bond donors (Lipinski definition) is 3. The fraction of sp³-hybridized carbons (Fsp3) is 0.625. The van der Waals surface area contributed by atoms with Gasteiger partial charge in [-0.15, -0.1) is 0 Å². The highest BCUT2D eigenvalue weighted by Gasteiger charge is 2.27. The molecule has 0 saturated carbocycles. The van der Waals surface area contributed by atoms with Crippen molar-refractivity contribution >= 4 is 0 Å². The Morgan fingerprint density at radius 2 is 2.15 bits per heavy atom. The minimum Gasteiger partial charge on any atom is -0.356 e. The number of allylic oxidation sites excluding steroid dienone is 2. The first-order valence-electron chi connectivity index (χ1n) is 7.74. The van der Waals surface area contributed by atoms with Crippen LogP contribution in [0.5, 0.6) is 0 Å². The molecule has 0 aromatic heterocycles. The molecule has 4 nitrogen and oxygen atoms in total. The molecule has 0 radical (unpaired) electrons. The number of piperazine rings is 1. The van der Waals surface area contributed by atoms with Crippen LogP contribution in [0, 0.1) is 5.92 Å². The average molecular weight is 274 g/mol. The summed E-state index contributed by atoms with van der Waals surface area (Å²) in [6, 6.07) is 1.00. The van der Waals surface area contributed by atoms with E-state index in [0.717, 1.165) is 19.6 Å². The minimum atomic E-state index is 0.252. The van der Waals surface area contributed by atoms with E-state index >= 15 is 0 Å². The van der Waals surface area contributed by atoms with Gasteiger partial charge in [0, 0.05) is 31.7 Å². The molecule has 3 atom stereocenters. The molecule has 110 valence electrons. The molecule has 0 spiro atoms. The predicted molar refractivity (Wildman–Crippen MR) is 83.0 cm³/mol. The summed E-state index contributed by atoms with van der Waals surface area (Å²) < 4.78 is 0. The number of fused-ring (bicyclic) bond motifs is 1. The van der Waals surface area contributed by atoms with Gasteiger partial charge in [0.2, 0.25) is 0 Å². The second-order valence-corrected chi connectivity index (χ2v) is 6.36. The maximum atomic E-state index is 3.64. The smallest absolute Gasteiger partial charge is 0.105 e. The number of hydrogen-bond acceptors (Lipinski definition) is 4. The van der Waals surface area contributed by atoms with Gasteiger partial charge in [0.05, 0.1) is 0 Å². The molecule has 3 N–H and O–H groups in total. The molecule has 0 aromatic carbocycles. The second kappa shape index (κ2) is 5.62. The molecule has 4 heteroatoms. The Hall–Kier alpha value is -1.26. The van der Waals surface area contributed by atoms with Crippen LogP contribution in [0.4, 0.5) is 0 Å². The van der Waals surface area contributed by atoms with Crippen molar-refractivity contribution in [3.05, 3.63) is 35.7 Å². The lowest BCUT2D eigenvalue weighted by Crippen LogP contribution is -2.57. The van der Waals surface area contributed by atoms with Gasteiger partial charge < -0.3 is 15.5 Å². The van der Waals surface area contributed by atoms with Crippen molar-refractivity contribution in [3.63, 3.8) is 0 Å². The van der Waals surface area contributed by atoms with Crippen LogP contribution in [0.25, 0.3) is 0 Å². The van der Waals surface area contributed by atoms with Gasteiger partial charge in [-0.25, -0.2) is 0 Å². The van der Waals surface area contributed by atoms with Gasteiger partial charge in [0.25, 0.3) is 0 Å². The zero-order valence-electron chi connectivity index (χ0n) is 12.7. The third kappa shape index (κ3) is 2.76. The fourth-order valence-electron chi connectivity index (χ4n) is 3.05. The number of nitrogens with one attached hydrogen (secondary N) is 3. The maximum Gasteiger partial charge on any atom is 0.105 e. The topological polar surface area (TPSA) is 39.3 Å². The molecule has 0 bridgehead atoms. The molecule has 1 saturated heterocycles. The second-order valence-electron chi connectivity index (χ2n) is 6.36. The molecule has 0 amide bonds. The lowest BCUT2D eigenvalue weighted by Gasteiger charge is -2.41. The number of nitrogens with zero attached hydrogens (tertiary/aromatic N) is 1. The molecule has 0 aromatic rings. The van der Waals surface area contributed by atoms with E-state index < -0.39 is 0 Å². The lowest BCUT2D eigenvalue weighted by atomic mass is 10.0. The van der Waals surface area contributed by atoms with Crippen LogP contribution in [-0.4, -0.2) is 42.8 Å². The van der Waals surface area contributed by atoms with Crippen molar-refractivity contribution in [1.29, 1.82) is 0 Å². The summed E-state index contributed by atoms with van der Waals surface area (Å²) in [6.07, 6.45) is 9.14. The van der Waals surface area contributed by atoms with Gasteiger partial charge in [-0.1, -0.05) is 32.1 Å². The van der Waals surface area contributed by atoms with E-state index in [-0.39, 0.29) is 6.17 Å². The first-order chi connectivity index (χ1) is 9.63. The summed E-state index contributed by atoms with van der Waals surface area (Å²) in [6.45, 7) is 9.98. The molecule has 1 fully saturated rings. The maximum absolute atomic E-state index is 3.64. The molecule has 3 aliphatic rings.